The third kappa shape index (κ3) is 3.87. The van der Waals surface area contributed by atoms with E-state index in [4.69, 9.17) is 22.4 Å². The Morgan fingerprint density at radius 1 is 1.19 bits per heavy atom. The Hall–Kier alpha value is -2.24. The van der Waals surface area contributed by atoms with Gasteiger partial charge in [0.1, 0.15) is 0 Å². The molecule has 0 unspecified atom stereocenters. The van der Waals surface area contributed by atoms with Gasteiger partial charge >= 0.3 is 6.03 Å². The van der Waals surface area contributed by atoms with Gasteiger partial charge in [-0.25, -0.2) is 4.79 Å². The Balaban J connectivity index is 2.20. The summed E-state index contributed by atoms with van der Waals surface area (Å²) in [5.74, 6) is 0. The number of para-hydroxylation sites is 2. The van der Waals surface area contributed by atoms with E-state index in [-0.39, 0.29) is 19.2 Å². The minimum absolute atomic E-state index is 0.146. The smallest absolute Gasteiger partial charge is 0.326 e. The highest BCUT2D eigenvalue weighted by atomic mass is 35.5. The maximum Gasteiger partial charge on any atom is 0.326 e. The summed E-state index contributed by atoms with van der Waals surface area (Å²) < 4.78 is 0. The number of hydrogen-bond donors (Lipinski definition) is 3. The highest BCUT2D eigenvalue weighted by Gasteiger charge is 2.17. The zero-order valence-corrected chi connectivity index (χ0v) is 12.0. The highest BCUT2D eigenvalue weighted by molar-refractivity contribution is 6.30. The summed E-state index contributed by atoms with van der Waals surface area (Å²) in [5.41, 5.74) is 7.52. The molecule has 21 heavy (non-hydrogen) atoms. The van der Waals surface area contributed by atoms with E-state index in [1.807, 2.05) is 0 Å². The average molecular weight is 306 g/mol. The van der Waals surface area contributed by atoms with Crippen LogP contribution < -0.4 is 16.0 Å². The van der Waals surface area contributed by atoms with Gasteiger partial charge in [0.25, 0.3) is 0 Å². The number of aliphatic hydroxyl groups is 1. The fourth-order valence-corrected chi connectivity index (χ4v) is 2.01. The quantitative estimate of drug-likeness (QED) is 0.760. The Kier molecular flexibility index (Phi) is 5.03. The maximum atomic E-state index is 12.4. The molecular weight excluding hydrogens is 290 g/mol. The number of amides is 2. The summed E-state index contributed by atoms with van der Waals surface area (Å²) in [5, 5.41) is 12.5. The number of nitrogens with one attached hydrogen (secondary N) is 1. The van der Waals surface area contributed by atoms with E-state index in [1.54, 1.807) is 48.5 Å². The van der Waals surface area contributed by atoms with Crippen LogP contribution in [-0.4, -0.2) is 24.3 Å². The van der Waals surface area contributed by atoms with Crippen LogP contribution in [0.2, 0.25) is 5.02 Å². The molecular formula is C15H16ClN3O2. The van der Waals surface area contributed by atoms with Gasteiger partial charge in [-0.3, -0.25) is 4.90 Å². The van der Waals surface area contributed by atoms with Crippen LogP contribution in [0.1, 0.15) is 0 Å². The Morgan fingerprint density at radius 2 is 1.86 bits per heavy atom. The molecule has 2 rings (SSSR count). The van der Waals surface area contributed by atoms with Crippen molar-refractivity contribution in [1.82, 2.24) is 0 Å². The number of nitrogens with two attached hydrogens (primary N) is 1. The second kappa shape index (κ2) is 6.97. The molecule has 0 fully saturated rings. The van der Waals surface area contributed by atoms with Crippen LogP contribution in [0.15, 0.2) is 48.5 Å². The minimum atomic E-state index is -0.371. The number of carbonyl (C=O) groups excluding carboxylic acids is 1. The van der Waals surface area contributed by atoms with Crippen molar-refractivity contribution >= 4 is 34.7 Å². The second-order valence-corrected chi connectivity index (χ2v) is 4.81. The van der Waals surface area contributed by atoms with Crippen LogP contribution in [0, 0.1) is 0 Å². The molecule has 0 aliphatic rings. The lowest BCUT2D eigenvalue weighted by atomic mass is 10.2. The first-order valence-electron chi connectivity index (χ1n) is 6.41. The zero-order chi connectivity index (χ0) is 15.2. The molecule has 2 amide bonds. The summed E-state index contributed by atoms with van der Waals surface area (Å²) in [4.78, 5) is 13.7. The number of rotatable bonds is 4. The molecule has 0 bridgehead atoms. The second-order valence-electron chi connectivity index (χ2n) is 4.37. The summed E-state index contributed by atoms with van der Waals surface area (Å²) in [6.07, 6.45) is 0. The molecule has 0 saturated carbocycles. The lowest BCUT2D eigenvalue weighted by molar-refractivity contribution is 0.252. The van der Waals surface area contributed by atoms with Gasteiger partial charge in [0.15, 0.2) is 0 Å². The van der Waals surface area contributed by atoms with Crippen molar-refractivity contribution < 1.29 is 9.90 Å². The first kappa shape index (κ1) is 15.2. The van der Waals surface area contributed by atoms with Crippen LogP contribution in [0.5, 0.6) is 0 Å². The van der Waals surface area contributed by atoms with Gasteiger partial charge in [0.05, 0.1) is 24.5 Å². The molecule has 0 atom stereocenters. The van der Waals surface area contributed by atoms with Crippen molar-refractivity contribution in [1.29, 1.82) is 0 Å². The van der Waals surface area contributed by atoms with E-state index in [1.165, 1.54) is 4.90 Å². The van der Waals surface area contributed by atoms with Crippen molar-refractivity contribution in [2.24, 2.45) is 0 Å². The number of anilines is 3. The van der Waals surface area contributed by atoms with Crippen LogP contribution in [0.4, 0.5) is 21.9 Å². The van der Waals surface area contributed by atoms with E-state index in [9.17, 15) is 4.79 Å². The van der Waals surface area contributed by atoms with Gasteiger partial charge in [-0.05, 0) is 36.4 Å². The Bertz CT molecular complexity index is 617. The van der Waals surface area contributed by atoms with E-state index < -0.39 is 0 Å². The zero-order valence-electron chi connectivity index (χ0n) is 11.3. The van der Waals surface area contributed by atoms with Crippen LogP contribution >= 0.6 is 11.6 Å². The first-order chi connectivity index (χ1) is 10.1. The summed E-state index contributed by atoms with van der Waals surface area (Å²) in [7, 11) is 0. The number of halogens is 1. The first-order valence-corrected chi connectivity index (χ1v) is 6.79. The molecule has 0 aliphatic carbocycles. The summed E-state index contributed by atoms with van der Waals surface area (Å²) in [6, 6.07) is 13.4. The molecule has 110 valence electrons. The molecule has 0 heterocycles. The molecule has 0 aliphatic heterocycles. The highest BCUT2D eigenvalue weighted by Crippen LogP contribution is 2.23. The van der Waals surface area contributed by atoms with Crippen LogP contribution in [0.3, 0.4) is 0 Å². The molecule has 0 radical (unpaired) electrons. The van der Waals surface area contributed by atoms with Crippen LogP contribution in [0.25, 0.3) is 0 Å². The van der Waals surface area contributed by atoms with E-state index in [2.05, 4.69) is 5.32 Å². The van der Waals surface area contributed by atoms with E-state index in [0.29, 0.717) is 22.1 Å². The predicted octanol–water partition coefficient (Wildman–Crippen LogP) is 2.95. The standard InChI is InChI=1S/C15H16ClN3O2/c16-11-5-7-12(8-6-11)18-15(21)19(9-10-20)14-4-2-1-3-13(14)17/h1-8,20H,9-10,17H2,(H,18,21). The van der Waals surface area contributed by atoms with Crippen molar-refractivity contribution in [2.45, 2.75) is 0 Å². The third-order valence-electron chi connectivity index (χ3n) is 2.89. The number of benzene rings is 2. The number of hydrogen-bond acceptors (Lipinski definition) is 3. The van der Waals surface area contributed by atoms with Crippen LogP contribution in [-0.2, 0) is 0 Å². The number of aliphatic hydroxyl groups excluding tert-OH is 1. The largest absolute Gasteiger partial charge is 0.397 e. The topological polar surface area (TPSA) is 78.6 Å². The fourth-order valence-electron chi connectivity index (χ4n) is 1.89. The molecule has 5 nitrogen and oxygen atoms in total. The number of nitrogen functional groups attached to an aromatic ring is 1. The molecule has 4 N–H and O–H groups in total. The van der Waals surface area contributed by atoms with Gasteiger partial charge in [0, 0.05) is 10.7 Å². The van der Waals surface area contributed by atoms with Gasteiger partial charge in [-0.1, -0.05) is 23.7 Å². The number of carbonyl (C=O) groups is 1. The molecule has 0 aromatic heterocycles. The van der Waals surface area contributed by atoms with E-state index in [0.717, 1.165) is 0 Å². The summed E-state index contributed by atoms with van der Waals surface area (Å²) in [6.45, 7) is -0.0178. The van der Waals surface area contributed by atoms with Gasteiger partial charge in [0.2, 0.25) is 0 Å². The normalized spacial score (nSPS) is 10.2. The molecule has 6 heteroatoms. The average Bonchev–Trinajstić information content (AvgIpc) is 2.48. The number of nitrogens with zero attached hydrogens (tertiary/aromatic N) is 1. The van der Waals surface area contributed by atoms with Crippen molar-refractivity contribution in [3.8, 4) is 0 Å². The number of urea groups is 1. The molecule has 0 saturated heterocycles. The van der Waals surface area contributed by atoms with Crippen molar-refractivity contribution in [3.63, 3.8) is 0 Å². The molecule has 2 aromatic carbocycles. The third-order valence-corrected chi connectivity index (χ3v) is 3.14. The molecule has 2 aromatic rings. The van der Waals surface area contributed by atoms with Gasteiger partial charge < -0.3 is 16.2 Å². The van der Waals surface area contributed by atoms with Gasteiger partial charge in [-0.15, -0.1) is 0 Å². The SMILES string of the molecule is Nc1ccccc1N(CCO)C(=O)Nc1ccc(Cl)cc1. The monoisotopic (exact) mass is 305 g/mol. The lowest BCUT2D eigenvalue weighted by Gasteiger charge is -2.23. The summed E-state index contributed by atoms with van der Waals surface area (Å²) >= 11 is 5.80. The predicted molar refractivity (Wildman–Crippen MR) is 85.8 cm³/mol. The lowest BCUT2D eigenvalue weighted by Crippen LogP contribution is -2.37. The van der Waals surface area contributed by atoms with E-state index >= 15 is 0 Å². The maximum absolute atomic E-state index is 12.4. The van der Waals surface area contributed by atoms with Crippen molar-refractivity contribution in [2.75, 3.05) is 29.1 Å². The molecule has 0 spiro atoms. The minimum Gasteiger partial charge on any atom is -0.397 e. The fraction of sp³-hybridized carbons (Fsp3) is 0.133. The Labute approximate surface area is 127 Å². The Morgan fingerprint density at radius 3 is 2.48 bits per heavy atom. The van der Waals surface area contributed by atoms with Gasteiger partial charge in [-0.2, -0.15) is 0 Å². The van der Waals surface area contributed by atoms with Crippen molar-refractivity contribution in [3.05, 3.63) is 53.6 Å².